The van der Waals surface area contributed by atoms with Crippen molar-refractivity contribution in [2.24, 2.45) is 5.73 Å². The number of hydrogen-bond donors (Lipinski definition) is 4. The third-order valence-corrected chi connectivity index (χ3v) is 3.32. The Hall–Kier alpha value is -3.25. The smallest absolute Gasteiger partial charge is 0.104 e. The summed E-state index contributed by atoms with van der Waals surface area (Å²) in [5, 5.41) is 27.0. The monoisotopic (exact) mass is 248 g/mol. The van der Waals surface area contributed by atoms with Gasteiger partial charge in [-0.2, -0.15) is 10.5 Å². The van der Waals surface area contributed by atoms with E-state index in [1.165, 1.54) is 0 Å². The lowest BCUT2D eigenvalue weighted by atomic mass is 9.97. The van der Waals surface area contributed by atoms with Crippen molar-refractivity contribution in [1.29, 1.82) is 15.9 Å². The van der Waals surface area contributed by atoms with E-state index in [1.807, 2.05) is 12.1 Å². The number of allylic oxidation sites excluding steroid dienone is 1. The van der Waals surface area contributed by atoms with E-state index in [-0.39, 0.29) is 22.7 Å². The number of hydrogen-bond acceptors (Lipinski definition) is 5. The number of nitrogens with two attached hydrogens (primary N) is 2. The molecule has 3 rings (SSSR count). The van der Waals surface area contributed by atoms with E-state index >= 15 is 0 Å². The van der Waals surface area contributed by atoms with Crippen LogP contribution in [0.25, 0.3) is 16.6 Å². The van der Waals surface area contributed by atoms with Gasteiger partial charge in [0.2, 0.25) is 0 Å². The molecule has 1 heterocycles. The number of nitrogen functional groups attached to an aromatic ring is 1. The maximum atomic E-state index is 9.22. The minimum absolute atomic E-state index is 0.0404. The zero-order chi connectivity index (χ0) is 13.7. The number of nitrogens with one attached hydrogen (secondary N) is 2. The van der Waals surface area contributed by atoms with Gasteiger partial charge in [0.1, 0.15) is 17.7 Å². The predicted octanol–water partition coefficient (Wildman–Crippen LogP) is 1.20. The van der Waals surface area contributed by atoms with E-state index in [9.17, 15) is 5.26 Å². The van der Waals surface area contributed by atoms with Crippen molar-refractivity contribution in [2.75, 3.05) is 5.73 Å². The van der Waals surface area contributed by atoms with Crippen LogP contribution in [0.4, 0.5) is 5.69 Å². The van der Waals surface area contributed by atoms with Crippen LogP contribution in [0.1, 0.15) is 16.7 Å². The number of rotatable bonds is 0. The van der Waals surface area contributed by atoms with Crippen LogP contribution in [0.2, 0.25) is 0 Å². The molecule has 1 aromatic carbocycles. The predicted molar refractivity (Wildman–Crippen MR) is 71.0 cm³/mol. The van der Waals surface area contributed by atoms with Gasteiger partial charge < -0.3 is 16.5 Å². The van der Waals surface area contributed by atoms with Gasteiger partial charge in [0.05, 0.1) is 28.2 Å². The molecule has 0 aliphatic heterocycles. The molecule has 0 bridgehead atoms. The molecular formula is C13H8N6. The highest BCUT2D eigenvalue weighted by molar-refractivity contribution is 6.30. The normalized spacial score (nSPS) is 13.5. The van der Waals surface area contributed by atoms with E-state index in [1.54, 1.807) is 12.3 Å². The third-order valence-electron chi connectivity index (χ3n) is 3.32. The maximum absolute atomic E-state index is 9.22. The fraction of sp³-hybridized carbons (Fsp3) is 0. The number of anilines is 1. The summed E-state index contributed by atoms with van der Waals surface area (Å²) in [5.41, 5.74) is 14.2. The number of aromatic nitrogens is 1. The Balaban J connectivity index is 2.58. The van der Waals surface area contributed by atoms with E-state index in [4.69, 9.17) is 22.1 Å². The quantitative estimate of drug-likeness (QED) is 0.520. The first-order chi connectivity index (χ1) is 9.11. The highest BCUT2D eigenvalue weighted by Crippen LogP contribution is 2.40. The summed E-state index contributed by atoms with van der Waals surface area (Å²) >= 11 is 0. The summed E-state index contributed by atoms with van der Waals surface area (Å²) in [6.07, 6.45) is 1.67. The Kier molecular flexibility index (Phi) is 1.93. The van der Waals surface area contributed by atoms with Crippen LogP contribution >= 0.6 is 0 Å². The minimum Gasteiger partial charge on any atom is -0.397 e. The molecule has 1 aliphatic rings. The molecule has 6 heteroatoms. The highest BCUT2D eigenvalue weighted by atomic mass is 14.7. The molecular weight excluding hydrogens is 240 g/mol. The van der Waals surface area contributed by atoms with E-state index in [0.717, 1.165) is 0 Å². The van der Waals surface area contributed by atoms with Crippen molar-refractivity contribution < 1.29 is 0 Å². The van der Waals surface area contributed by atoms with Gasteiger partial charge in [-0.1, -0.05) is 0 Å². The van der Waals surface area contributed by atoms with Gasteiger partial charge >= 0.3 is 0 Å². The van der Waals surface area contributed by atoms with Crippen molar-refractivity contribution in [3.05, 3.63) is 34.5 Å². The van der Waals surface area contributed by atoms with Crippen LogP contribution in [-0.2, 0) is 0 Å². The molecule has 1 aliphatic carbocycles. The van der Waals surface area contributed by atoms with Gasteiger partial charge in [-0.05, 0) is 6.07 Å². The number of nitrogens with zero attached hydrogens (tertiary/aromatic N) is 2. The standard InChI is InChI=1S/C13H8N6/c14-3-6-5-1-2-19-13(5)9-8(10(6)16)11(17)7(4-15)12(9)18/h1-2,18-19H,16-17H2. The molecule has 0 saturated heterocycles. The van der Waals surface area contributed by atoms with Gasteiger partial charge in [0.25, 0.3) is 0 Å². The summed E-state index contributed by atoms with van der Waals surface area (Å²) in [7, 11) is 0. The van der Waals surface area contributed by atoms with Gasteiger partial charge in [-0.15, -0.1) is 0 Å². The van der Waals surface area contributed by atoms with Gasteiger partial charge in [-0.25, -0.2) is 0 Å². The third kappa shape index (κ3) is 1.10. The molecule has 90 valence electrons. The second-order valence-corrected chi connectivity index (χ2v) is 4.19. The lowest BCUT2D eigenvalue weighted by Gasteiger charge is -2.09. The lowest BCUT2D eigenvalue weighted by Crippen LogP contribution is -2.04. The van der Waals surface area contributed by atoms with Crippen LogP contribution in [0.15, 0.2) is 17.8 Å². The zero-order valence-corrected chi connectivity index (χ0v) is 9.70. The zero-order valence-electron chi connectivity index (χ0n) is 9.70. The number of aromatic amines is 1. The summed E-state index contributed by atoms with van der Waals surface area (Å²) in [6, 6.07) is 5.68. The Morgan fingerprint density at radius 1 is 1.16 bits per heavy atom. The van der Waals surface area contributed by atoms with Crippen molar-refractivity contribution in [3.63, 3.8) is 0 Å². The van der Waals surface area contributed by atoms with Crippen LogP contribution in [0, 0.1) is 28.1 Å². The molecule has 0 fully saturated rings. The van der Waals surface area contributed by atoms with Crippen molar-refractivity contribution in [2.45, 2.75) is 0 Å². The minimum atomic E-state index is 0.0404. The first kappa shape index (κ1) is 10.9. The highest BCUT2D eigenvalue weighted by Gasteiger charge is 2.31. The van der Waals surface area contributed by atoms with E-state index < -0.39 is 0 Å². The topological polar surface area (TPSA) is 139 Å². The first-order valence-corrected chi connectivity index (χ1v) is 5.44. The largest absolute Gasteiger partial charge is 0.397 e. The van der Waals surface area contributed by atoms with Crippen molar-refractivity contribution >= 4 is 28.0 Å². The average Bonchev–Trinajstić information content (AvgIpc) is 2.94. The van der Waals surface area contributed by atoms with E-state index in [2.05, 4.69) is 4.98 Å². The summed E-state index contributed by atoms with van der Waals surface area (Å²) in [4.78, 5) is 2.98. The molecule has 6 N–H and O–H groups in total. The lowest BCUT2D eigenvalue weighted by molar-refractivity contribution is 1.43. The molecule has 0 amide bonds. The molecule has 6 nitrogen and oxygen atoms in total. The fourth-order valence-electron chi connectivity index (χ4n) is 2.47. The molecule has 0 spiro atoms. The second-order valence-electron chi connectivity index (χ2n) is 4.19. The number of benzene rings is 1. The van der Waals surface area contributed by atoms with Crippen LogP contribution in [0.5, 0.6) is 0 Å². The summed E-state index contributed by atoms with van der Waals surface area (Å²) < 4.78 is 0. The SMILES string of the molecule is N#CC1=C(N)c2c(N)c(C#N)c3cc[nH]c3c2C1=N. The summed E-state index contributed by atoms with van der Waals surface area (Å²) in [5.74, 6) is 0. The Labute approximate surface area is 108 Å². The van der Waals surface area contributed by atoms with Crippen molar-refractivity contribution in [3.8, 4) is 12.1 Å². The molecule has 0 unspecified atom stereocenters. The van der Waals surface area contributed by atoms with E-state index in [0.29, 0.717) is 27.6 Å². The molecule has 0 radical (unpaired) electrons. The van der Waals surface area contributed by atoms with Crippen LogP contribution in [-0.4, -0.2) is 10.7 Å². The number of fused-ring (bicyclic) bond motifs is 3. The fourth-order valence-corrected chi connectivity index (χ4v) is 2.47. The van der Waals surface area contributed by atoms with Crippen LogP contribution < -0.4 is 11.5 Å². The Morgan fingerprint density at radius 2 is 1.89 bits per heavy atom. The van der Waals surface area contributed by atoms with Gasteiger partial charge in [-0.3, -0.25) is 5.41 Å². The molecule has 19 heavy (non-hydrogen) atoms. The van der Waals surface area contributed by atoms with Crippen LogP contribution in [0.3, 0.4) is 0 Å². The summed E-state index contributed by atoms with van der Waals surface area (Å²) in [6.45, 7) is 0. The first-order valence-electron chi connectivity index (χ1n) is 5.44. The Bertz CT molecular complexity index is 869. The van der Waals surface area contributed by atoms with Gasteiger partial charge in [0.15, 0.2) is 0 Å². The molecule has 2 aromatic rings. The number of nitriles is 2. The number of H-pyrrole nitrogens is 1. The molecule has 1 aromatic heterocycles. The van der Waals surface area contributed by atoms with Gasteiger partial charge in [0, 0.05) is 22.7 Å². The molecule has 0 atom stereocenters. The van der Waals surface area contributed by atoms with Crippen molar-refractivity contribution in [1.82, 2.24) is 4.98 Å². The Morgan fingerprint density at radius 3 is 2.53 bits per heavy atom. The maximum Gasteiger partial charge on any atom is 0.104 e. The second kappa shape index (κ2) is 3.37. The average molecular weight is 248 g/mol. The molecule has 0 saturated carbocycles.